The lowest BCUT2D eigenvalue weighted by Gasteiger charge is -2.29. The fraction of sp³-hybridized carbons (Fsp3) is 0.429. The van der Waals surface area contributed by atoms with Crippen molar-refractivity contribution in [3.63, 3.8) is 0 Å². The van der Waals surface area contributed by atoms with Crippen molar-refractivity contribution >= 4 is 39.7 Å². The number of anilines is 2. The van der Waals surface area contributed by atoms with Crippen molar-refractivity contribution in [3.05, 3.63) is 72.1 Å². The van der Waals surface area contributed by atoms with Crippen LogP contribution in [-0.4, -0.2) is 73.9 Å². The number of aliphatic hydroxyl groups excluding tert-OH is 1. The average molecular weight is 607 g/mol. The zero-order chi connectivity index (χ0) is 28.5. The number of aromatic nitrogens is 2. The third-order valence-corrected chi connectivity index (χ3v) is 8.61. The number of nitrogens with zero attached hydrogens (tertiary/aromatic N) is 3. The van der Waals surface area contributed by atoms with Crippen LogP contribution in [0.2, 0.25) is 0 Å². The second kappa shape index (κ2) is 15.1. The summed E-state index contributed by atoms with van der Waals surface area (Å²) in [5, 5.41) is 24.7. The van der Waals surface area contributed by atoms with Crippen molar-refractivity contribution in [1.29, 1.82) is 0 Å². The van der Waals surface area contributed by atoms with E-state index in [2.05, 4.69) is 21.0 Å². The first-order valence-electron chi connectivity index (χ1n) is 13.5. The molecular weight excluding hydrogens is 568 g/mol. The highest BCUT2D eigenvalue weighted by Gasteiger charge is 2.28. The zero-order valence-corrected chi connectivity index (χ0v) is 25.0. The van der Waals surface area contributed by atoms with E-state index in [0.717, 1.165) is 17.7 Å². The van der Waals surface area contributed by atoms with Gasteiger partial charge in [-0.15, -0.1) is 12.4 Å². The maximum absolute atomic E-state index is 13.5. The van der Waals surface area contributed by atoms with Gasteiger partial charge in [0.15, 0.2) is 0 Å². The molecule has 4 rings (SSSR count). The molecule has 4 N–H and O–H groups in total. The van der Waals surface area contributed by atoms with Gasteiger partial charge < -0.3 is 25.8 Å². The summed E-state index contributed by atoms with van der Waals surface area (Å²) in [5.41, 5.74) is 2.40. The summed E-state index contributed by atoms with van der Waals surface area (Å²) in [4.78, 5) is 13.5. The molecule has 11 nitrogen and oxygen atoms in total. The van der Waals surface area contributed by atoms with Crippen LogP contribution in [0.5, 0.6) is 5.75 Å². The molecule has 2 atom stereocenters. The number of benzene rings is 2. The lowest BCUT2D eigenvalue weighted by atomic mass is 10.1. The average Bonchev–Trinajstić information content (AvgIpc) is 3.45. The molecule has 1 aromatic heterocycles. The van der Waals surface area contributed by atoms with Crippen molar-refractivity contribution in [2.75, 3.05) is 42.1 Å². The number of carbonyl (C=O) groups excluding carboxylic acids is 1. The summed E-state index contributed by atoms with van der Waals surface area (Å²) >= 11 is 0. The molecule has 0 radical (unpaired) electrons. The molecule has 1 amide bonds. The van der Waals surface area contributed by atoms with E-state index in [1.807, 2.05) is 31.2 Å². The second-order valence-electron chi connectivity index (χ2n) is 9.75. The highest BCUT2D eigenvalue weighted by atomic mass is 35.5. The summed E-state index contributed by atoms with van der Waals surface area (Å²) in [5.74, 6) is 0.417. The predicted octanol–water partition coefficient (Wildman–Crippen LogP) is 2.62. The van der Waals surface area contributed by atoms with Crippen molar-refractivity contribution in [3.8, 4) is 5.75 Å². The molecule has 13 heteroatoms. The molecule has 1 aliphatic heterocycles. The SMILES string of the molecule is CCNc1cc(C(=O)N[C@@H](Cn2cccn2)[C@H](O)CNCc2cccc(OC)c2)cc(N2CCCCS2(=O)=O)c1.Cl. The van der Waals surface area contributed by atoms with Crippen LogP contribution in [0, 0.1) is 0 Å². The topological polar surface area (TPSA) is 138 Å². The molecule has 1 fully saturated rings. The maximum Gasteiger partial charge on any atom is 0.251 e. The minimum Gasteiger partial charge on any atom is -0.497 e. The Morgan fingerprint density at radius 2 is 2.00 bits per heavy atom. The molecule has 2 heterocycles. The Morgan fingerprint density at radius 3 is 2.71 bits per heavy atom. The molecule has 2 aromatic carbocycles. The number of halogens is 1. The van der Waals surface area contributed by atoms with Gasteiger partial charge in [0.25, 0.3) is 5.91 Å². The molecule has 0 unspecified atom stereocenters. The van der Waals surface area contributed by atoms with Crippen LogP contribution in [0.4, 0.5) is 11.4 Å². The van der Waals surface area contributed by atoms with E-state index < -0.39 is 28.1 Å². The highest BCUT2D eigenvalue weighted by Crippen LogP contribution is 2.28. The molecule has 224 valence electrons. The van der Waals surface area contributed by atoms with Gasteiger partial charge in [0.1, 0.15) is 5.75 Å². The normalized spacial score (nSPS) is 15.8. The van der Waals surface area contributed by atoms with E-state index in [1.54, 1.807) is 48.5 Å². The maximum atomic E-state index is 13.5. The second-order valence-corrected chi connectivity index (χ2v) is 11.8. The van der Waals surface area contributed by atoms with Crippen molar-refractivity contribution in [2.24, 2.45) is 0 Å². The Balaban J connectivity index is 0.00000462. The fourth-order valence-electron chi connectivity index (χ4n) is 4.69. The van der Waals surface area contributed by atoms with Crippen LogP contribution in [0.1, 0.15) is 35.7 Å². The minimum absolute atomic E-state index is 0. The number of sulfonamides is 1. The Morgan fingerprint density at radius 1 is 1.17 bits per heavy atom. The molecule has 0 aliphatic carbocycles. The largest absolute Gasteiger partial charge is 0.497 e. The van der Waals surface area contributed by atoms with Gasteiger partial charge in [-0.2, -0.15) is 5.10 Å². The van der Waals surface area contributed by atoms with Crippen LogP contribution in [0.3, 0.4) is 0 Å². The van der Waals surface area contributed by atoms with Gasteiger partial charge in [-0.25, -0.2) is 8.42 Å². The number of carbonyl (C=O) groups is 1. The van der Waals surface area contributed by atoms with Gasteiger partial charge >= 0.3 is 0 Å². The zero-order valence-electron chi connectivity index (χ0n) is 23.3. The first-order valence-corrected chi connectivity index (χ1v) is 15.1. The Hall–Kier alpha value is -3.32. The number of ether oxygens (including phenoxy) is 1. The van der Waals surface area contributed by atoms with E-state index in [9.17, 15) is 18.3 Å². The van der Waals surface area contributed by atoms with Crippen LogP contribution in [-0.2, 0) is 23.1 Å². The van der Waals surface area contributed by atoms with Gasteiger partial charge in [-0.1, -0.05) is 12.1 Å². The number of methoxy groups -OCH3 is 1. The molecular formula is C28H39ClN6O5S. The molecule has 1 saturated heterocycles. The van der Waals surface area contributed by atoms with Gasteiger partial charge in [-0.05, 0) is 61.7 Å². The van der Waals surface area contributed by atoms with Crippen LogP contribution in [0.15, 0.2) is 60.9 Å². The van der Waals surface area contributed by atoms with E-state index in [0.29, 0.717) is 43.0 Å². The Labute approximate surface area is 247 Å². The standard InChI is InChI=1S/C28H38N6O5S.ClH/c1-3-30-23-15-22(16-24(17-23)34-12-4-5-13-40(34,37)38)28(36)32-26(20-33-11-7-10-31-33)27(35)19-29-18-21-8-6-9-25(14-21)39-2;/h6-11,14-17,26-27,29-30,35H,3-5,12-13,18-20H2,1-2H3,(H,32,36);1H/t26-,27+;/m0./s1. The summed E-state index contributed by atoms with van der Waals surface area (Å²) in [6, 6.07) is 13.8. The lowest BCUT2D eigenvalue weighted by molar-refractivity contribution is 0.0800. The summed E-state index contributed by atoms with van der Waals surface area (Å²) in [7, 11) is -1.84. The Kier molecular flexibility index (Phi) is 11.8. The monoisotopic (exact) mass is 606 g/mol. The van der Waals surface area contributed by atoms with E-state index in [4.69, 9.17) is 4.74 Å². The molecule has 41 heavy (non-hydrogen) atoms. The van der Waals surface area contributed by atoms with Crippen molar-refractivity contribution in [2.45, 2.75) is 45.0 Å². The van der Waals surface area contributed by atoms with Gasteiger partial charge in [0.2, 0.25) is 10.0 Å². The quantitative estimate of drug-likeness (QED) is 0.233. The fourth-order valence-corrected chi connectivity index (χ4v) is 6.31. The van der Waals surface area contributed by atoms with Crippen molar-refractivity contribution in [1.82, 2.24) is 20.4 Å². The van der Waals surface area contributed by atoms with Crippen molar-refractivity contribution < 1.29 is 23.1 Å². The minimum atomic E-state index is -3.45. The van der Waals surface area contributed by atoms with Gasteiger partial charge in [0.05, 0.1) is 37.2 Å². The molecule has 0 bridgehead atoms. The van der Waals surface area contributed by atoms with Crippen LogP contribution >= 0.6 is 12.4 Å². The van der Waals surface area contributed by atoms with E-state index in [-0.39, 0.29) is 31.2 Å². The number of aliphatic hydroxyl groups is 1. The molecule has 3 aromatic rings. The van der Waals surface area contributed by atoms with E-state index >= 15 is 0 Å². The molecule has 0 spiro atoms. The molecule has 0 saturated carbocycles. The summed E-state index contributed by atoms with van der Waals surface area (Å²) < 4.78 is 33.8. The lowest BCUT2D eigenvalue weighted by Crippen LogP contribution is -2.49. The number of hydrogen-bond acceptors (Lipinski definition) is 8. The smallest absolute Gasteiger partial charge is 0.251 e. The third kappa shape index (κ3) is 8.83. The summed E-state index contributed by atoms with van der Waals surface area (Å²) in [6.45, 7) is 3.89. The number of nitrogens with one attached hydrogen (secondary N) is 3. The first kappa shape index (κ1) is 32.2. The summed E-state index contributed by atoms with van der Waals surface area (Å²) in [6.07, 6.45) is 3.85. The first-order chi connectivity index (χ1) is 19.3. The highest BCUT2D eigenvalue weighted by molar-refractivity contribution is 7.92. The number of hydrogen-bond donors (Lipinski definition) is 4. The van der Waals surface area contributed by atoms with Gasteiger partial charge in [0, 0.05) is 49.8 Å². The Bertz CT molecular complexity index is 1370. The number of rotatable bonds is 13. The van der Waals surface area contributed by atoms with Crippen LogP contribution in [0.25, 0.3) is 0 Å². The predicted molar refractivity (Wildman–Crippen MR) is 162 cm³/mol. The third-order valence-electron chi connectivity index (χ3n) is 6.74. The van der Waals surface area contributed by atoms with Crippen LogP contribution < -0.4 is 25.0 Å². The molecule has 1 aliphatic rings. The number of amides is 1. The van der Waals surface area contributed by atoms with Gasteiger partial charge in [-0.3, -0.25) is 13.8 Å². The van der Waals surface area contributed by atoms with E-state index in [1.165, 1.54) is 4.31 Å².